The Morgan fingerprint density at radius 3 is 1.33 bits per heavy atom. The number of fused-ring (bicyclic) bond motifs is 10. The predicted molar refractivity (Wildman–Crippen MR) is 209 cm³/mol. The molecule has 0 fully saturated rings. The van der Waals surface area contributed by atoms with Gasteiger partial charge in [-0.3, -0.25) is 0 Å². The van der Waals surface area contributed by atoms with Crippen LogP contribution < -0.4 is 15.9 Å². The van der Waals surface area contributed by atoms with Crippen molar-refractivity contribution in [3.8, 4) is 45.0 Å². The second-order valence-corrected chi connectivity index (χ2v) is 16.0. The fourth-order valence-electron chi connectivity index (χ4n) is 8.43. The molecule has 7 aromatic carbocycles. The van der Waals surface area contributed by atoms with E-state index < -0.39 is 12.6 Å². The Balaban J connectivity index is 1.27. The number of benzene rings is 7. The molecule has 3 nitrogen and oxygen atoms in total. The van der Waals surface area contributed by atoms with Crippen LogP contribution in [0, 0.1) is 0 Å². The maximum absolute atomic E-state index is 15.3. The van der Waals surface area contributed by atoms with Crippen LogP contribution in [0.3, 0.4) is 0 Å². The van der Waals surface area contributed by atoms with E-state index in [-0.39, 0.29) is 0 Å². The normalized spacial score (nSPS) is 13.3. The standard InChI is InChI=1S/C47H31N2OP/c50-51(34-18-6-2-7-19-34,35-20-8-3-9-21-35)36-30-28-32(29-31-36)44-43-45(49-46(48-44)33-16-4-1-5-17-33)39-24-12-15-27-42(39)47(43)40-25-13-10-22-37(40)38-23-11-14-26-41(38)47/h1-31H. The first-order valence-electron chi connectivity index (χ1n) is 17.3. The van der Waals surface area contributed by atoms with E-state index in [1.807, 2.05) is 91.0 Å². The van der Waals surface area contributed by atoms with Crippen LogP contribution in [0.1, 0.15) is 22.3 Å². The van der Waals surface area contributed by atoms with Gasteiger partial charge in [0.25, 0.3) is 0 Å². The van der Waals surface area contributed by atoms with Gasteiger partial charge in [-0.05, 0) is 27.8 Å². The van der Waals surface area contributed by atoms with E-state index in [4.69, 9.17) is 9.97 Å². The van der Waals surface area contributed by atoms with Crippen molar-refractivity contribution in [3.05, 3.63) is 210 Å². The van der Waals surface area contributed by atoms with Crippen LogP contribution in [0.5, 0.6) is 0 Å². The molecule has 240 valence electrons. The van der Waals surface area contributed by atoms with Crippen LogP contribution in [0.2, 0.25) is 0 Å². The van der Waals surface area contributed by atoms with Crippen molar-refractivity contribution in [1.29, 1.82) is 0 Å². The smallest absolute Gasteiger partial charge is 0.171 e. The SMILES string of the molecule is O=P(c1ccccc1)(c1ccccc1)c1ccc(-c2nc(-c3ccccc3)nc3c2C2(c4ccccc4-c4ccccc42)c2ccccc2-3)cc1. The monoisotopic (exact) mass is 670 g/mol. The molecule has 0 saturated heterocycles. The van der Waals surface area contributed by atoms with Crippen molar-refractivity contribution in [2.24, 2.45) is 0 Å². The molecule has 0 aliphatic heterocycles. The topological polar surface area (TPSA) is 42.9 Å². The minimum atomic E-state index is -3.16. The molecule has 0 radical (unpaired) electrons. The van der Waals surface area contributed by atoms with E-state index in [0.29, 0.717) is 5.82 Å². The molecule has 10 rings (SSSR count). The third-order valence-electron chi connectivity index (χ3n) is 10.6. The summed E-state index contributed by atoms with van der Waals surface area (Å²) in [6.45, 7) is 0. The third-order valence-corrected chi connectivity index (χ3v) is 13.7. The lowest BCUT2D eigenvalue weighted by atomic mass is 9.69. The molecule has 0 atom stereocenters. The number of rotatable bonds is 5. The molecule has 1 spiro atoms. The molecule has 0 amide bonds. The molecular formula is C47H31N2OP. The molecule has 0 N–H and O–H groups in total. The van der Waals surface area contributed by atoms with Gasteiger partial charge in [0, 0.05) is 38.2 Å². The molecule has 51 heavy (non-hydrogen) atoms. The summed E-state index contributed by atoms with van der Waals surface area (Å²) in [5.74, 6) is 0.680. The van der Waals surface area contributed by atoms with Crippen molar-refractivity contribution in [2.75, 3.05) is 0 Å². The fourth-order valence-corrected chi connectivity index (χ4v) is 11.1. The summed E-state index contributed by atoms with van der Waals surface area (Å²) in [4.78, 5) is 10.9. The zero-order valence-corrected chi connectivity index (χ0v) is 28.5. The van der Waals surface area contributed by atoms with Gasteiger partial charge < -0.3 is 4.57 Å². The van der Waals surface area contributed by atoms with Crippen molar-refractivity contribution >= 4 is 23.1 Å². The lowest BCUT2D eigenvalue weighted by Gasteiger charge is -2.31. The highest BCUT2D eigenvalue weighted by atomic mass is 31.2. The van der Waals surface area contributed by atoms with Crippen molar-refractivity contribution in [2.45, 2.75) is 5.41 Å². The first kappa shape index (κ1) is 29.7. The summed E-state index contributed by atoms with van der Waals surface area (Å²) in [6.07, 6.45) is 0. The Bertz CT molecular complexity index is 2560. The number of hydrogen-bond acceptors (Lipinski definition) is 3. The van der Waals surface area contributed by atoms with Gasteiger partial charge in [0.1, 0.15) is 0 Å². The molecule has 0 saturated carbocycles. The first-order valence-corrected chi connectivity index (χ1v) is 19.0. The largest absolute Gasteiger partial charge is 0.309 e. The van der Waals surface area contributed by atoms with Gasteiger partial charge in [-0.1, -0.05) is 188 Å². The highest BCUT2D eigenvalue weighted by Gasteiger charge is 2.54. The summed E-state index contributed by atoms with van der Waals surface area (Å²) in [5.41, 5.74) is 11.5. The van der Waals surface area contributed by atoms with Crippen LogP contribution in [-0.4, -0.2) is 9.97 Å². The summed E-state index contributed by atoms with van der Waals surface area (Å²) in [6, 6.07) is 64.5. The molecule has 8 aromatic rings. The maximum Gasteiger partial charge on any atom is 0.171 e. The van der Waals surface area contributed by atoms with Crippen LogP contribution in [-0.2, 0) is 9.98 Å². The fraction of sp³-hybridized carbons (Fsp3) is 0.0213. The van der Waals surface area contributed by atoms with Gasteiger partial charge >= 0.3 is 0 Å². The lowest BCUT2D eigenvalue weighted by molar-refractivity contribution is 0.592. The van der Waals surface area contributed by atoms with E-state index in [1.165, 1.54) is 27.8 Å². The molecule has 2 aliphatic rings. The second kappa shape index (κ2) is 11.5. The van der Waals surface area contributed by atoms with Crippen LogP contribution in [0.4, 0.5) is 0 Å². The Morgan fingerprint density at radius 2 is 0.784 bits per heavy atom. The molecule has 1 heterocycles. The minimum absolute atomic E-state index is 0.605. The highest BCUT2D eigenvalue weighted by molar-refractivity contribution is 7.85. The zero-order chi connectivity index (χ0) is 34.0. The number of hydrogen-bond donors (Lipinski definition) is 0. The van der Waals surface area contributed by atoms with Gasteiger partial charge in [0.05, 0.1) is 16.8 Å². The van der Waals surface area contributed by atoms with Crippen LogP contribution in [0.25, 0.3) is 45.0 Å². The van der Waals surface area contributed by atoms with E-state index >= 15 is 4.57 Å². The molecule has 0 unspecified atom stereocenters. The molecule has 2 aliphatic carbocycles. The van der Waals surface area contributed by atoms with Gasteiger partial charge in [-0.15, -0.1) is 0 Å². The Labute approximate surface area is 297 Å². The second-order valence-electron chi connectivity index (χ2n) is 13.2. The van der Waals surface area contributed by atoms with Gasteiger partial charge in [0.2, 0.25) is 0 Å². The van der Waals surface area contributed by atoms with Gasteiger partial charge in [-0.2, -0.15) is 0 Å². The minimum Gasteiger partial charge on any atom is -0.309 e. The molecule has 1 aromatic heterocycles. The summed E-state index contributed by atoms with van der Waals surface area (Å²) in [7, 11) is -3.16. The molecule has 0 bridgehead atoms. The highest BCUT2D eigenvalue weighted by Crippen LogP contribution is 2.64. The van der Waals surface area contributed by atoms with Crippen molar-refractivity contribution in [1.82, 2.24) is 9.97 Å². The zero-order valence-electron chi connectivity index (χ0n) is 27.6. The summed E-state index contributed by atoms with van der Waals surface area (Å²) < 4.78 is 15.3. The van der Waals surface area contributed by atoms with E-state index in [1.54, 1.807) is 0 Å². The van der Waals surface area contributed by atoms with Crippen molar-refractivity contribution < 1.29 is 4.57 Å². The Kier molecular flexibility index (Phi) is 6.68. The average Bonchev–Trinajstić information content (AvgIpc) is 3.69. The van der Waals surface area contributed by atoms with Crippen LogP contribution in [0.15, 0.2) is 188 Å². The van der Waals surface area contributed by atoms with E-state index in [0.717, 1.165) is 49.6 Å². The third kappa shape index (κ3) is 4.22. The van der Waals surface area contributed by atoms with Crippen LogP contribution >= 0.6 is 7.14 Å². The van der Waals surface area contributed by atoms with Gasteiger partial charge in [0.15, 0.2) is 13.0 Å². The number of nitrogens with zero attached hydrogens (tertiary/aromatic N) is 2. The van der Waals surface area contributed by atoms with E-state index in [2.05, 4.69) is 97.1 Å². The molecular weight excluding hydrogens is 640 g/mol. The predicted octanol–water partition coefficient (Wildman–Crippen LogP) is 9.79. The summed E-state index contributed by atoms with van der Waals surface area (Å²) >= 11 is 0. The Hall–Kier alpha value is -6.15. The average molecular weight is 671 g/mol. The summed E-state index contributed by atoms with van der Waals surface area (Å²) in [5, 5.41) is 2.41. The van der Waals surface area contributed by atoms with E-state index in [9.17, 15) is 0 Å². The number of aromatic nitrogens is 2. The first-order chi connectivity index (χ1) is 25.2. The molecule has 4 heteroatoms. The quantitative estimate of drug-likeness (QED) is 0.171. The Morgan fingerprint density at radius 1 is 0.373 bits per heavy atom. The lowest BCUT2D eigenvalue weighted by Crippen LogP contribution is -2.27. The van der Waals surface area contributed by atoms with Crippen molar-refractivity contribution in [3.63, 3.8) is 0 Å². The maximum atomic E-state index is 15.3. The van der Waals surface area contributed by atoms with Gasteiger partial charge in [-0.25, -0.2) is 9.97 Å².